The number of carbonyl (C=O) groups excluding carboxylic acids is 3. The summed E-state index contributed by atoms with van der Waals surface area (Å²) in [5.74, 6) is -1.22. The first kappa shape index (κ1) is 16.8. The maximum atomic E-state index is 11.3. The van der Waals surface area contributed by atoms with Gasteiger partial charge >= 0.3 is 11.9 Å². The van der Waals surface area contributed by atoms with Crippen LogP contribution in [-0.4, -0.2) is 36.8 Å². The van der Waals surface area contributed by atoms with Gasteiger partial charge in [0.2, 0.25) is 6.08 Å². The lowest BCUT2D eigenvalue weighted by atomic mass is 10.1. The SMILES string of the molecule is C=C(C)C(=O)OCC(C)(COC(=O)C(=C)C)N=C=O. The van der Waals surface area contributed by atoms with Crippen LogP contribution in [0.1, 0.15) is 20.8 Å². The standard InChI is InChI=1S/C13H17NO5/c1-9(2)11(16)18-6-13(5,14-8-15)7-19-12(17)10(3)4/h1,3,6-7H2,2,4-5H3. The number of esters is 2. The van der Waals surface area contributed by atoms with E-state index in [4.69, 9.17) is 9.47 Å². The number of nitrogens with zero attached hydrogens (tertiary/aromatic N) is 1. The molecular formula is C13H17NO5. The molecule has 0 saturated heterocycles. The molecule has 0 N–H and O–H groups in total. The van der Waals surface area contributed by atoms with Gasteiger partial charge in [-0.05, 0) is 20.8 Å². The van der Waals surface area contributed by atoms with E-state index in [0.717, 1.165) is 0 Å². The van der Waals surface area contributed by atoms with Crippen LogP contribution >= 0.6 is 0 Å². The molecule has 0 aliphatic rings. The molecule has 0 heterocycles. The molecule has 0 aromatic carbocycles. The van der Waals surface area contributed by atoms with Crippen molar-refractivity contribution in [2.75, 3.05) is 13.2 Å². The zero-order chi connectivity index (χ0) is 15.1. The molecule has 104 valence electrons. The molecule has 0 radical (unpaired) electrons. The molecule has 0 fully saturated rings. The minimum Gasteiger partial charge on any atom is -0.460 e. The second-order valence-corrected chi connectivity index (χ2v) is 4.41. The van der Waals surface area contributed by atoms with Gasteiger partial charge in [-0.3, -0.25) is 0 Å². The Morgan fingerprint density at radius 2 is 1.47 bits per heavy atom. The van der Waals surface area contributed by atoms with Gasteiger partial charge in [0.15, 0.2) is 0 Å². The molecule has 0 bridgehead atoms. The van der Waals surface area contributed by atoms with Crippen LogP contribution in [0.25, 0.3) is 0 Å². The van der Waals surface area contributed by atoms with Crippen LogP contribution in [0.15, 0.2) is 29.3 Å². The van der Waals surface area contributed by atoms with Gasteiger partial charge in [0.05, 0.1) is 0 Å². The van der Waals surface area contributed by atoms with E-state index < -0.39 is 17.5 Å². The van der Waals surface area contributed by atoms with Crippen molar-refractivity contribution in [2.45, 2.75) is 26.3 Å². The van der Waals surface area contributed by atoms with Gasteiger partial charge in [-0.15, -0.1) is 0 Å². The van der Waals surface area contributed by atoms with Crippen LogP contribution in [-0.2, 0) is 23.9 Å². The van der Waals surface area contributed by atoms with Crippen molar-refractivity contribution in [1.82, 2.24) is 0 Å². The summed E-state index contributed by atoms with van der Waals surface area (Å²) in [5, 5.41) is 0. The summed E-state index contributed by atoms with van der Waals surface area (Å²) in [5.41, 5.74) is -0.745. The van der Waals surface area contributed by atoms with Gasteiger partial charge < -0.3 is 9.47 Å². The number of isocyanates is 1. The maximum absolute atomic E-state index is 11.3. The van der Waals surface area contributed by atoms with Crippen molar-refractivity contribution in [2.24, 2.45) is 4.99 Å². The average molecular weight is 267 g/mol. The molecule has 0 aromatic rings. The Bertz CT molecular complexity index is 416. The Morgan fingerprint density at radius 3 is 1.74 bits per heavy atom. The third kappa shape index (κ3) is 6.33. The Labute approximate surface area is 111 Å². The predicted molar refractivity (Wildman–Crippen MR) is 68.1 cm³/mol. The quantitative estimate of drug-likeness (QED) is 0.301. The molecular weight excluding hydrogens is 250 g/mol. The minimum atomic E-state index is -1.18. The summed E-state index contributed by atoms with van der Waals surface area (Å²) in [6, 6.07) is 0. The fourth-order valence-electron chi connectivity index (χ4n) is 0.905. The monoisotopic (exact) mass is 267 g/mol. The van der Waals surface area contributed by atoms with Crippen molar-refractivity contribution in [1.29, 1.82) is 0 Å². The van der Waals surface area contributed by atoms with Crippen LogP contribution in [0.2, 0.25) is 0 Å². The zero-order valence-electron chi connectivity index (χ0n) is 11.3. The number of hydrogen-bond acceptors (Lipinski definition) is 6. The number of ether oxygens (including phenoxy) is 2. The highest BCUT2D eigenvalue weighted by atomic mass is 16.5. The zero-order valence-corrected chi connectivity index (χ0v) is 11.3. The lowest BCUT2D eigenvalue weighted by Crippen LogP contribution is -2.36. The molecule has 0 aromatic heterocycles. The predicted octanol–water partition coefficient (Wildman–Crippen LogP) is 1.32. The normalized spacial score (nSPS) is 10.1. The maximum Gasteiger partial charge on any atom is 0.333 e. The number of carbonyl (C=O) groups is 2. The van der Waals surface area contributed by atoms with Crippen molar-refractivity contribution >= 4 is 18.0 Å². The lowest BCUT2D eigenvalue weighted by molar-refractivity contribution is -0.144. The molecule has 0 spiro atoms. The molecule has 0 amide bonds. The molecule has 0 atom stereocenters. The summed E-state index contributed by atoms with van der Waals surface area (Å²) in [6.07, 6.45) is 1.36. The summed E-state index contributed by atoms with van der Waals surface area (Å²) in [6.45, 7) is 10.9. The minimum absolute atomic E-state index is 0.219. The van der Waals surface area contributed by atoms with E-state index in [0.29, 0.717) is 0 Å². The van der Waals surface area contributed by atoms with Crippen LogP contribution in [0.5, 0.6) is 0 Å². The summed E-state index contributed by atoms with van der Waals surface area (Å²) in [7, 11) is 0. The third-order valence-corrected chi connectivity index (χ3v) is 2.04. The van der Waals surface area contributed by atoms with E-state index in [-0.39, 0.29) is 24.4 Å². The van der Waals surface area contributed by atoms with Crippen LogP contribution in [0, 0.1) is 0 Å². The lowest BCUT2D eigenvalue weighted by Gasteiger charge is -2.22. The molecule has 19 heavy (non-hydrogen) atoms. The highest BCUT2D eigenvalue weighted by Crippen LogP contribution is 2.13. The molecule has 0 saturated carbocycles. The van der Waals surface area contributed by atoms with E-state index in [9.17, 15) is 14.4 Å². The van der Waals surface area contributed by atoms with Crippen LogP contribution in [0.3, 0.4) is 0 Å². The largest absolute Gasteiger partial charge is 0.460 e. The van der Waals surface area contributed by atoms with Gasteiger partial charge in [-0.1, -0.05) is 13.2 Å². The Morgan fingerprint density at radius 1 is 1.11 bits per heavy atom. The second-order valence-electron chi connectivity index (χ2n) is 4.41. The first-order chi connectivity index (χ1) is 8.72. The fraction of sp³-hybridized carbons (Fsp3) is 0.462. The van der Waals surface area contributed by atoms with Gasteiger partial charge in [0.1, 0.15) is 18.8 Å². The topological polar surface area (TPSA) is 82.0 Å². The Kier molecular flexibility index (Phi) is 6.44. The number of rotatable bonds is 7. The summed E-state index contributed by atoms with van der Waals surface area (Å²) in [4.78, 5) is 36.4. The molecule has 6 heteroatoms. The van der Waals surface area contributed by atoms with E-state index in [1.807, 2.05) is 0 Å². The second kappa shape index (κ2) is 7.28. The fourth-order valence-corrected chi connectivity index (χ4v) is 0.905. The molecule has 0 aliphatic carbocycles. The molecule has 0 aliphatic heterocycles. The summed E-state index contributed by atoms with van der Waals surface area (Å²) >= 11 is 0. The van der Waals surface area contributed by atoms with Gasteiger partial charge in [0.25, 0.3) is 0 Å². The van der Waals surface area contributed by atoms with Crippen LogP contribution in [0.4, 0.5) is 0 Å². The van der Waals surface area contributed by atoms with Gasteiger partial charge in [-0.2, -0.15) is 4.99 Å². The van der Waals surface area contributed by atoms with Gasteiger partial charge in [0, 0.05) is 11.1 Å². The highest BCUT2D eigenvalue weighted by molar-refractivity contribution is 5.87. The summed E-state index contributed by atoms with van der Waals surface area (Å²) < 4.78 is 9.78. The van der Waals surface area contributed by atoms with E-state index >= 15 is 0 Å². The van der Waals surface area contributed by atoms with E-state index in [2.05, 4.69) is 18.2 Å². The third-order valence-electron chi connectivity index (χ3n) is 2.04. The van der Waals surface area contributed by atoms with Crippen molar-refractivity contribution < 1.29 is 23.9 Å². The Hall–Kier alpha value is -2.20. The number of hydrogen-bond donors (Lipinski definition) is 0. The van der Waals surface area contributed by atoms with Crippen molar-refractivity contribution in [3.8, 4) is 0 Å². The molecule has 0 rings (SSSR count). The molecule has 0 unspecified atom stereocenters. The highest BCUT2D eigenvalue weighted by Gasteiger charge is 2.28. The van der Waals surface area contributed by atoms with Crippen LogP contribution < -0.4 is 0 Å². The molecule has 6 nitrogen and oxygen atoms in total. The van der Waals surface area contributed by atoms with Gasteiger partial charge in [-0.25, -0.2) is 14.4 Å². The van der Waals surface area contributed by atoms with Crippen molar-refractivity contribution in [3.63, 3.8) is 0 Å². The first-order valence-corrected chi connectivity index (χ1v) is 5.46. The average Bonchev–Trinajstić information content (AvgIpc) is 2.33. The van der Waals surface area contributed by atoms with Crippen molar-refractivity contribution in [3.05, 3.63) is 24.3 Å². The smallest absolute Gasteiger partial charge is 0.333 e. The van der Waals surface area contributed by atoms with E-state index in [1.54, 1.807) is 0 Å². The Balaban J connectivity index is 4.63. The first-order valence-electron chi connectivity index (χ1n) is 5.46. The van der Waals surface area contributed by atoms with E-state index in [1.165, 1.54) is 26.9 Å². The number of aliphatic imine (C=N–C) groups is 1.